The smallest absolute Gasteiger partial charge is 0.416 e. The summed E-state index contributed by atoms with van der Waals surface area (Å²) in [5.41, 5.74) is 0.829. The number of amides is 2. The summed E-state index contributed by atoms with van der Waals surface area (Å²) in [6, 6.07) is 6.51. The van der Waals surface area contributed by atoms with E-state index in [2.05, 4.69) is 10.1 Å². The van der Waals surface area contributed by atoms with E-state index in [-0.39, 0.29) is 19.7 Å². The molecule has 1 heterocycles. The van der Waals surface area contributed by atoms with Gasteiger partial charge < -0.3 is 19.7 Å². The van der Waals surface area contributed by atoms with Crippen molar-refractivity contribution in [3.05, 3.63) is 29.8 Å². The van der Waals surface area contributed by atoms with E-state index in [9.17, 15) is 18.0 Å². The summed E-state index contributed by atoms with van der Waals surface area (Å²) >= 11 is 0. The third-order valence-electron chi connectivity index (χ3n) is 3.32. The molecule has 0 saturated carbocycles. The summed E-state index contributed by atoms with van der Waals surface area (Å²) in [5.74, 6) is 0.691. The first-order valence-electron chi connectivity index (χ1n) is 6.74. The minimum atomic E-state index is -4.46. The maximum absolute atomic E-state index is 12.6. The number of carbonyl (C=O) groups excluding carboxylic acids is 1. The van der Waals surface area contributed by atoms with Crippen LogP contribution in [0.25, 0.3) is 0 Å². The first kappa shape index (κ1) is 16.4. The number of benzene rings is 1. The Kier molecular flexibility index (Phi) is 5.12. The number of morpholine rings is 1. The molecule has 8 heteroatoms. The molecular formula is C14H17F3N2O3. The predicted molar refractivity (Wildman–Crippen MR) is 72.6 cm³/mol. The minimum absolute atomic E-state index is 0.125. The normalized spacial score (nSPS) is 18.9. The highest BCUT2D eigenvalue weighted by Crippen LogP contribution is 2.25. The van der Waals surface area contributed by atoms with Gasteiger partial charge in [-0.2, -0.15) is 13.2 Å². The van der Waals surface area contributed by atoms with Crippen LogP contribution in [0.2, 0.25) is 0 Å². The van der Waals surface area contributed by atoms with Gasteiger partial charge in [-0.15, -0.1) is 0 Å². The Morgan fingerprint density at radius 2 is 2.09 bits per heavy atom. The molecule has 1 N–H and O–H groups in total. The number of nitrogens with one attached hydrogen (secondary N) is 1. The van der Waals surface area contributed by atoms with E-state index in [1.165, 1.54) is 0 Å². The van der Waals surface area contributed by atoms with E-state index in [1.807, 2.05) is 0 Å². The molecule has 0 spiro atoms. The number of hydrogen-bond acceptors (Lipinski definition) is 3. The molecule has 1 aromatic carbocycles. The second-order valence-corrected chi connectivity index (χ2v) is 4.85. The zero-order valence-corrected chi connectivity index (χ0v) is 12.0. The molecule has 122 valence electrons. The number of alkyl halides is 3. The van der Waals surface area contributed by atoms with Gasteiger partial charge in [0.1, 0.15) is 5.75 Å². The quantitative estimate of drug-likeness (QED) is 0.929. The number of halogens is 3. The van der Waals surface area contributed by atoms with E-state index < -0.39 is 24.9 Å². The molecule has 2 amide bonds. The summed E-state index contributed by atoms with van der Waals surface area (Å²) in [6.07, 6.45) is -6.39. The third-order valence-corrected chi connectivity index (χ3v) is 3.32. The van der Waals surface area contributed by atoms with Crippen molar-refractivity contribution in [3.63, 3.8) is 0 Å². The highest BCUT2D eigenvalue weighted by molar-refractivity contribution is 5.74. The molecule has 1 atom stereocenters. The van der Waals surface area contributed by atoms with Crippen LogP contribution in [0.1, 0.15) is 5.56 Å². The lowest BCUT2D eigenvalue weighted by Gasteiger charge is -2.33. The Hall–Kier alpha value is -1.96. The molecule has 0 aromatic heterocycles. The summed E-state index contributed by atoms with van der Waals surface area (Å²) in [6.45, 7) is -0.240. The van der Waals surface area contributed by atoms with E-state index in [1.54, 1.807) is 31.4 Å². The first-order valence-corrected chi connectivity index (χ1v) is 6.74. The predicted octanol–water partition coefficient (Wildman–Crippen LogP) is 2.17. The van der Waals surface area contributed by atoms with Crippen molar-refractivity contribution in [2.24, 2.45) is 0 Å². The van der Waals surface area contributed by atoms with Crippen molar-refractivity contribution >= 4 is 6.03 Å². The number of nitrogens with zero attached hydrogens (tertiary/aromatic N) is 1. The van der Waals surface area contributed by atoms with Crippen LogP contribution in [0.5, 0.6) is 5.75 Å². The molecule has 1 fully saturated rings. The van der Waals surface area contributed by atoms with Crippen molar-refractivity contribution in [3.8, 4) is 5.75 Å². The largest absolute Gasteiger partial charge is 0.497 e. The van der Waals surface area contributed by atoms with Crippen LogP contribution in [0.3, 0.4) is 0 Å². The van der Waals surface area contributed by atoms with Gasteiger partial charge in [-0.1, -0.05) is 12.1 Å². The summed E-state index contributed by atoms with van der Waals surface area (Å²) in [4.78, 5) is 13.1. The van der Waals surface area contributed by atoms with Gasteiger partial charge in [0.2, 0.25) is 0 Å². The van der Waals surface area contributed by atoms with Gasteiger partial charge >= 0.3 is 12.2 Å². The molecule has 1 saturated heterocycles. The molecule has 0 aliphatic carbocycles. The molecule has 5 nitrogen and oxygen atoms in total. The first-order chi connectivity index (χ1) is 10.4. The van der Waals surface area contributed by atoms with Crippen LogP contribution >= 0.6 is 0 Å². The lowest BCUT2D eigenvalue weighted by Crippen LogP contribution is -2.53. The Bertz CT molecular complexity index is 505. The van der Waals surface area contributed by atoms with Crippen LogP contribution in [-0.4, -0.2) is 50.0 Å². The molecule has 1 unspecified atom stereocenters. The molecule has 22 heavy (non-hydrogen) atoms. The fourth-order valence-electron chi connectivity index (χ4n) is 2.06. The molecular weight excluding hydrogens is 301 g/mol. The van der Waals surface area contributed by atoms with Crippen LogP contribution in [0, 0.1) is 0 Å². The molecule has 1 aliphatic rings. The SMILES string of the molecule is COc1ccc(CNC(=O)N2CCOC(C(F)(F)F)C2)cc1. The zero-order chi connectivity index (χ0) is 16.2. The average molecular weight is 318 g/mol. The summed E-state index contributed by atoms with van der Waals surface area (Å²) in [5, 5.41) is 2.60. The lowest BCUT2D eigenvalue weighted by atomic mass is 10.2. The van der Waals surface area contributed by atoms with E-state index in [4.69, 9.17) is 4.74 Å². The average Bonchev–Trinajstić information content (AvgIpc) is 2.52. The van der Waals surface area contributed by atoms with E-state index in [0.29, 0.717) is 5.75 Å². The van der Waals surface area contributed by atoms with Crippen LogP contribution in [0.4, 0.5) is 18.0 Å². The van der Waals surface area contributed by atoms with E-state index in [0.717, 1.165) is 10.5 Å². The number of methoxy groups -OCH3 is 1. The highest BCUT2D eigenvalue weighted by Gasteiger charge is 2.44. The van der Waals surface area contributed by atoms with Crippen molar-refractivity contribution in [1.82, 2.24) is 10.2 Å². The number of hydrogen-bond donors (Lipinski definition) is 1. The fourth-order valence-corrected chi connectivity index (χ4v) is 2.06. The summed E-state index contributed by atoms with van der Waals surface area (Å²) in [7, 11) is 1.55. The van der Waals surface area contributed by atoms with Gasteiger partial charge in [-0.05, 0) is 17.7 Å². The van der Waals surface area contributed by atoms with Crippen LogP contribution in [-0.2, 0) is 11.3 Å². The van der Waals surface area contributed by atoms with Crippen molar-refractivity contribution in [2.75, 3.05) is 26.8 Å². The zero-order valence-electron chi connectivity index (χ0n) is 12.0. The van der Waals surface area contributed by atoms with Gasteiger partial charge in [-0.25, -0.2) is 4.79 Å². The summed E-state index contributed by atoms with van der Waals surface area (Å²) < 4.78 is 47.5. The Morgan fingerprint density at radius 3 is 2.68 bits per heavy atom. The number of carbonyl (C=O) groups is 1. The molecule has 1 aliphatic heterocycles. The van der Waals surface area contributed by atoms with Gasteiger partial charge in [0.15, 0.2) is 6.10 Å². The standard InChI is InChI=1S/C14H17F3N2O3/c1-21-11-4-2-10(3-5-11)8-18-13(20)19-6-7-22-12(9-19)14(15,16)17/h2-5,12H,6-9H2,1H3,(H,18,20). The topological polar surface area (TPSA) is 50.8 Å². The number of urea groups is 1. The molecule has 2 rings (SSSR count). The second kappa shape index (κ2) is 6.87. The molecule has 0 bridgehead atoms. The van der Waals surface area contributed by atoms with Crippen molar-refractivity contribution in [1.29, 1.82) is 0 Å². The number of ether oxygens (including phenoxy) is 2. The van der Waals surface area contributed by atoms with Gasteiger partial charge in [0.05, 0.1) is 20.3 Å². The van der Waals surface area contributed by atoms with E-state index >= 15 is 0 Å². The highest BCUT2D eigenvalue weighted by atomic mass is 19.4. The number of rotatable bonds is 3. The van der Waals surface area contributed by atoms with Crippen LogP contribution in [0.15, 0.2) is 24.3 Å². The Morgan fingerprint density at radius 1 is 1.41 bits per heavy atom. The molecule has 1 aromatic rings. The maximum Gasteiger partial charge on any atom is 0.416 e. The minimum Gasteiger partial charge on any atom is -0.497 e. The van der Waals surface area contributed by atoms with Crippen LogP contribution < -0.4 is 10.1 Å². The lowest BCUT2D eigenvalue weighted by molar-refractivity contribution is -0.233. The van der Waals surface area contributed by atoms with Crippen molar-refractivity contribution < 1.29 is 27.4 Å². The Labute approximate surface area is 126 Å². The molecule has 0 radical (unpaired) electrons. The fraction of sp³-hybridized carbons (Fsp3) is 0.500. The Balaban J connectivity index is 1.86. The van der Waals surface area contributed by atoms with Gasteiger partial charge in [-0.3, -0.25) is 0 Å². The monoisotopic (exact) mass is 318 g/mol. The van der Waals surface area contributed by atoms with Gasteiger partial charge in [0.25, 0.3) is 0 Å². The third kappa shape index (κ3) is 4.27. The van der Waals surface area contributed by atoms with Crippen molar-refractivity contribution in [2.45, 2.75) is 18.8 Å². The van der Waals surface area contributed by atoms with Gasteiger partial charge in [0, 0.05) is 13.1 Å². The second-order valence-electron chi connectivity index (χ2n) is 4.85. The maximum atomic E-state index is 12.6.